The molecule has 0 aromatic carbocycles. The van der Waals surface area contributed by atoms with Crippen LogP contribution in [0.25, 0.3) is 0 Å². The molecular weight excluding hydrogens is 288 g/mol. The van der Waals surface area contributed by atoms with E-state index in [9.17, 15) is 0 Å². The lowest BCUT2D eigenvalue weighted by atomic mass is 10.3. The third-order valence-electron chi connectivity index (χ3n) is 4.81. The smallest absolute Gasteiger partial charge is 0.127 e. The Kier molecular flexibility index (Phi) is 11.5. The highest BCUT2D eigenvalue weighted by Crippen LogP contribution is 2.21. The lowest BCUT2D eigenvalue weighted by molar-refractivity contribution is 0.296. The van der Waals surface area contributed by atoms with E-state index in [4.69, 9.17) is 0 Å². The third kappa shape index (κ3) is 7.96. The fourth-order valence-electron chi connectivity index (χ4n) is 3.84. The quantitative estimate of drug-likeness (QED) is 0.568. The van der Waals surface area contributed by atoms with E-state index < -0.39 is 16.5 Å². The number of hydrogen-bond acceptors (Lipinski definition) is 2. The molecule has 0 aromatic rings. The standard InChI is InChI=1S/C9H23NSi.C8H21NSi/c1-8(2)10(9(3)4)11(5,6)7;1-6-10(7-2,8-3)9(4)5/h8-9H,1-7H3;6-8H2,1-5H3. The van der Waals surface area contributed by atoms with Crippen molar-refractivity contribution >= 4 is 16.5 Å². The van der Waals surface area contributed by atoms with Gasteiger partial charge in [-0.1, -0.05) is 68.1 Å². The van der Waals surface area contributed by atoms with Gasteiger partial charge in [0.1, 0.15) is 16.5 Å². The fraction of sp³-hybridized carbons (Fsp3) is 1.00. The van der Waals surface area contributed by atoms with Crippen molar-refractivity contribution in [1.82, 2.24) is 9.13 Å². The predicted octanol–water partition coefficient (Wildman–Crippen LogP) is 5.49. The zero-order valence-electron chi connectivity index (χ0n) is 17.2. The molecule has 0 bridgehead atoms. The van der Waals surface area contributed by atoms with Crippen molar-refractivity contribution in [3.8, 4) is 0 Å². The van der Waals surface area contributed by atoms with Crippen molar-refractivity contribution in [2.24, 2.45) is 0 Å². The first kappa shape index (κ1) is 23.6. The molecule has 0 amide bonds. The Labute approximate surface area is 138 Å². The zero-order chi connectivity index (χ0) is 17.4. The molecule has 130 valence electrons. The molecule has 0 aromatic heterocycles. The summed E-state index contributed by atoms with van der Waals surface area (Å²) in [5.41, 5.74) is 0. The van der Waals surface area contributed by atoms with Crippen molar-refractivity contribution in [3.63, 3.8) is 0 Å². The molecule has 0 heterocycles. The molecular formula is C17H44N2Si2. The van der Waals surface area contributed by atoms with E-state index in [0.29, 0.717) is 12.1 Å². The van der Waals surface area contributed by atoms with E-state index >= 15 is 0 Å². The molecule has 0 aliphatic rings. The normalized spacial score (nSPS) is 13.1. The lowest BCUT2D eigenvalue weighted by Crippen LogP contribution is -2.53. The highest BCUT2D eigenvalue weighted by molar-refractivity contribution is 6.76. The second kappa shape index (κ2) is 10.2. The van der Waals surface area contributed by atoms with Gasteiger partial charge in [0.05, 0.1) is 0 Å². The van der Waals surface area contributed by atoms with Crippen molar-refractivity contribution in [2.75, 3.05) is 14.1 Å². The van der Waals surface area contributed by atoms with Gasteiger partial charge in [-0.25, -0.2) is 0 Å². The van der Waals surface area contributed by atoms with Gasteiger partial charge in [-0.2, -0.15) is 0 Å². The summed E-state index contributed by atoms with van der Waals surface area (Å²) in [4.78, 5) is 0. The summed E-state index contributed by atoms with van der Waals surface area (Å²) in [5.74, 6) is 0. The zero-order valence-corrected chi connectivity index (χ0v) is 19.2. The Morgan fingerprint density at radius 1 is 0.714 bits per heavy atom. The first-order chi connectivity index (χ1) is 9.39. The van der Waals surface area contributed by atoms with Gasteiger partial charge in [-0.3, -0.25) is 0 Å². The summed E-state index contributed by atoms with van der Waals surface area (Å²) in [7, 11) is 2.44. The topological polar surface area (TPSA) is 6.48 Å². The van der Waals surface area contributed by atoms with Crippen LogP contribution in [0.3, 0.4) is 0 Å². The van der Waals surface area contributed by atoms with E-state index in [0.717, 1.165) is 0 Å². The third-order valence-corrected chi connectivity index (χ3v) is 13.2. The average Bonchev–Trinajstić information content (AvgIpc) is 2.29. The molecule has 2 nitrogen and oxygen atoms in total. The van der Waals surface area contributed by atoms with E-state index in [1.165, 1.54) is 18.1 Å². The first-order valence-electron chi connectivity index (χ1n) is 8.85. The van der Waals surface area contributed by atoms with Gasteiger partial charge >= 0.3 is 0 Å². The molecule has 0 aliphatic heterocycles. The van der Waals surface area contributed by atoms with Crippen LogP contribution in [-0.2, 0) is 0 Å². The predicted molar refractivity (Wildman–Crippen MR) is 106 cm³/mol. The van der Waals surface area contributed by atoms with Crippen LogP contribution < -0.4 is 0 Å². The first-order valence-corrected chi connectivity index (χ1v) is 14.9. The van der Waals surface area contributed by atoms with Gasteiger partial charge in [0.25, 0.3) is 0 Å². The van der Waals surface area contributed by atoms with Crippen molar-refractivity contribution in [2.45, 2.75) is 98.3 Å². The molecule has 0 N–H and O–H groups in total. The minimum absolute atomic E-state index is 0.696. The molecule has 0 spiro atoms. The Morgan fingerprint density at radius 3 is 1.00 bits per heavy atom. The second-order valence-corrected chi connectivity index (χ2v) is 18.3. The minimum Gasteiger partial charge on any atom is -0.329 e. The number of nitrogens with zero attached hydrogens (tertiary/aromatic N) is 2. The molecule has 0 saturated heterocycles. The van der Waals surface area contributed by atoms with Gasteiger partial charge in [-0.15, -0.1) is 0 Å². The maximum Gasteiger partial charge on any atom is 0.127 e. The van der Waals surface area contributed by atoms with Crippen LogP contribution in [0.2, 0.25) is 37.8 Å². The second-order valence-electron chi connectivity index (χ2n) is 7.95. The van der Waals surface area contributed by atoms with E-state index in [1.807, 2.05) is 0 Å². The van der Waals surface area contributed by atoms with Crippen LogP contribution in [0.1, 0.15) is 48.5 Å². The van der Waals surface area contributed by atoms with Crippen LogP contribution in [0, 0.1) is 0 Å². The Hall–Kier alpha value is 0.354. The van der Waals surface area contributed by atoms with E-state index in [2.05, 4.69) is 91.3 Å². The number of hydrogen-bond donors (Lipinski definition) is 0. The average molecular weight is 333 g/mol. The van der Waals surface area contributed by atoms with Crippen LogP contribution in [0.15, 0.2) is 0 Å². The molecule has 0 radical (unpaired) electrons. The summed E-state index contributed by atoms with van der Waals surface area (Å²) >= 11 is 0. The summed E-state index contributed by atoms with van der Waals surface area (Å²) < 4.78 is 5.15. The molecule has 0 saturated carbocycles. The molecule has 0 fully saturated rings. The van der Waals surface area contributed by atoms with E-state index in [1.54, 1.807) is 0 Å². The summed E-state index contributed by atoms with van der Waals surface area (Å²) in [6, 6.07) is 5.58. The molecule has 0 aliphatic carbocycles. The molecule has 0 atom stereocenters. The monoisotopic (exact) mass is 332 g/mol. The molecule has 4 heteroatoms. The molecule has 0 rings (SSSR count). The molecule has 0 unspecified atom stereocenters. The molecule has 21 heavy (non-hydrogen) atoms. The van der Waals surface area contributed by atoms with Gasteiger partial charge in [0.2, 0.25) is 0 Å². The van der Waals surface area contributed by atoms with Crippen molar-refractivity contribution in [3.05, 3.63) is 0 Å². The van der Waals surface area contributed by atoms with Gasteiger partial charge < -0.3 is 9.13 Å². The fourth-order valence-corrected chi connectivity index (χ4v) is 10.3. The largest absolute Gasteiger partial charge is 0.329 e. The van der Waals surface area contributed by atoms with Crippen LogP contribution in [0.5, 0.6) is 0 Å². The van der Waals surface area contributed by atoms with Crippen molar-refractivity contribution < 1.29 is 0 Å². The SMILES string of the molecule is CC(C)N(C(C)C)[Si](C)(C)C.CC[Si](CC)(CC)N(C)C. The minimum atomic E-state index is -1.08. The summed E-state index contributed by atoms with van der Waals surface area (Å²) in [6.07, 6.45) is 0. The highest BCUT2D eigenvalue weighted by Gasteiger charge is 2.29. The van der Waals surface area contributed by atoms with Gasteiger partial charge in [0.15, 0.2) is 0 Å². The van der Waals surface area contributed by atoms with Crippen LogP contribution in [-0.4, -0.2) is 51.8 Å². The van der Waals surface area contributed by atoms with E-state index in [-0.39, 0.29) is 0 Å². The maximum absolute atomic E-state index is 2.66. The lowest BCUT2D eigenvalue weighted by Gasteiger charge is -2.40. The van der Waals surface area contributed by atoms with Gasteiger partial charge in [0, 0.05) is 0 Å². The van der Waals surface area contributed by atoms with Crippen LogP contribution in [0.4, 0.5) is 0 Å². The van der Waals surface area contributed by atoms with Crippen LogP contribution >= 0.6 is 0 Å². The highest BCUT2D eigenvalue weighted by atomic mass is 28.3. The Bertz CT molecular complexity index is 238. The van der Waals surface area contributed by atoms with Crippen molar-refractivity contribution in [1.29, 1.82) is 0 Å². The summed E-state index contributed by atoms with van der Waals surface area (Å²) in [5, 5.41) is 0. The Morgan fingerprint density at radius 2 is 1.00 bits per heavy atom. The Balaban J connectivity index is 0. The number of rotatable bonds is 7. The maximum atomic E-state index is 2.66. The summed E-state index contributed by atoms with van der Waals surface area (Å²) in [6.45, 7) is 23.4. The van der Waals surface area contributed by atoms with Gasteiger partial charge in [-0.05, 0) is 44.3 Å².